The monoisotopic (exact) mass is 278 g/mol. The molecule has 0 spiro atoms. The Morgan fingerprint density at radius 2 is 1.52 bits per heavy atom. The Bertz CT molecular complexity index is 718. The Balaban J connectivity index is 1.85. The molecule has 106 valence electrons. The zero-order valence-corrected chi connectivity index (χ0v) is 12.3. The molecule has 0 aliphatic rings. The first-order valence-corrected chi connectivity index (χ1v) is 7.03. The lowest BCUT2D eigenvalue weighted by atomic mass is 10.0. The third-order valence-electron chi connectivity index (χ3n) is 3.54. The van der Waals surface area contributed by atoms with Gasteiger partial charge in [-0.2, -0.15) is 5.10 Å². The van der Waals surface area contributed by atoms with Crippen molar-refractivity contribution in [3.63, 3.8) is 0 Å². The Hall–Kier alpha value is -2.55. The molecule has 0 amide bonds. The van der Waals surface area contributed by atoms with Crippen molar-refractivity contribution in [3.8, 4) is 16.9 Å². The molecule has 0 atom stereocenters. The van der Waals surface area contributed by atoms with Gasteiger partial charge in [0.15, 0.2) is 6.73 Å². The predicted molar refractivity (Wildman–Crippen MR) is 84.2 cm³/mol. The highest BCUT2D eigenvalue weighted by Crippen LogP contribution is 2.26. The van der Waals surface area contributed by atoms with Crippen LogP contribution in [0.2, 0.25) is 0 Å². The molecule has 0 N–H and O–H groups in total. The molecular weight excluding hydrogens is 260 g/mol. The molecule has 3 rings (SSSR count). The summed E-state index contributed by atoms with van der Waals surface area (Å²) in [5, 5.41) is 4.59. The number of aromatic nitrogens is 2. The highest BCUT2D eigenvalue weighted by molar-refractivity contribution is 5.68. The van der Waals surface area contributed by atoms with Crippen LogP contribution in [0.3, 0.4) is 0 Å². The molecule has 0 radical (unpaired) electrons. The highest BCUT2D eigenvalue weighted by Gasteiger charge is 2.13. The lowest BCUT2D eigenvalue weighted by Crippen LogP contribution is -2.08. The van der Waals surface area contributed by atoms with Crippen LogP contribution in [0, 0.1) is 13.8 Å². The minimum atomic E-state index is 0.420. The van der Waals surface area contributed by atoms with Crippen LogP contribution in [0.4, 0.5) is 0 Å². The van der Waals surface area contributed by atoms with E-state index in [9.17, 15) is 0 Å². The van der Waals surface area contributed by atoms with Gasteiger partial charge in [-0.25, -0.2) is 4.68 Å². The van der Waals surface area contributed by atoms with E-state index in [2.05, 4.69) is 24.2 Å². The van der Waals surface area contributed by atoms with E-state index in [0.717, 1.165) is 17.1 Å². The Morgan fingerprint density at radius 3 is 2.19 bits per heavy atom. The van der Waals surface area contributed by atoms with Crippen LogP contribution in [-0.2, 0) is 6.73 Å². The fourth-order valence-corrected chi connectivity index (χ4v) is 2.50. The standard InChI is InChI=1S/C18H18N2O/c1-14-18(16-9-5-3-6-10-16)15(2)20(19-14)13-21-17-11-7-4-8-12-17/h3-12H,13H2,1-2H3. The molecule has 2 aromatic carbocycles. The average molecular weight is 278 g/mol. The Labute approximate surface area is 124 Å². The van der Waals surface area contributed by atoms with Gasteiger partial charge in [0.1, 0.15) is 5.75 Å². The van der Waals surface area contributed by atoms with Gasteiger partial charge in [-0.1, -0.05) is 48.5 Å². The topological polar surface area (TPSA) is 27.1 Å². The molecule has 3 heteroatoms. The summed E-state index contributed by atoms with van der Waals surface area (Å²) in [4.78, 5) is 0. The van der Waals surface area contributed by atoms with Gasteiger partial charge in [0.05, 0.1) is 5.69 Å². The maximum atomic E-state index is 5.78. The molecule has 0 unspecified atom stereocenters. The van der Waals surface area contributed by atoms with Crippen LogP contribution >= 0.6 is 0 Å². The lowest BCUT2D eigenvalue weighted by molar-refractivity contribution is 0.218. The molecule has 0 bridgehead atoms. The molecular formula is C18H18N2O. The van der Waals surface area contributed by atoms with Crippen molar-refractivity contribution < 1.29 is 4.74 Å². The van der Waals surface area contributed by atoms with Gasteiger partial charge in [0, 0.05) is 11.3 Å². The number of hydrogen-bond donors (Lipinski definition) is 0. The van der Waals surface area contributed by atoms with Gasteiger partial charge >= 0.3 is 0 Å². The summed E-state index contributed by atoms with van der Waals surface area (Å²) in [7, 11) is 0. The van der Waals surface area contributed by atoms with Crippen molar-refractivity contribution in [1.29, 1.82) is 0 Å². The third kappa shape index (κ3) is 2.82. The van der Waals surface area contributed by atoms with Crippen LogP contribution < -0.4 is 4.74 Å². The zero-order valence-electron chi connectivity index (χ0n) is 12.3. The number of ether oxygens (including phenoxy) is 1. The van der Waals surface area contributed by atoms with Crippen LogP contribution in [-0.4, -0.2) is 9.78 Å². The van der Waals surface area contributed by atoms with Crippen molar-refractivity contribution in [2.75, 3.05) is 0 Å². The summed E-state index contributed by atoms with van der Waals surface area (Å²) >= 11 is 0. The average Bonchev–Trinajstić information content (AvgIpc) is 2.81. The number of para-hydroxylation sites is 1. The van der Waals surface area contributed by atoms with Crippen molar-refractivity contribution in [1.82, 2.24) is 9.78 Å². The minimum absolute atomic E-state index is 0.420. The molecule has 1 heterocycles. The molecule has 0 fully saturated rings. The van der Waals surface area contributed by atoms with Gasteiger partial charge < -0.3 is 4.74 Å². The van der Waals surface area contributed by atoms with E-state index in [0.29, 0.717) is 6.73 Å². The number of benzene rings is 2. The number of hydrogen-bond acceptors (Lipinski definition) is 2. The SMILES string of the molecule is Cc1nn(COc2ccccc2)c(C)c1-c1ccccc1. The van der Waals surface area contributed by atoms with E-state index in [1.165, 1.54) is 11.1 Å². The van der Waals surface area contributed by atoms with E-state index in [-0.39, 0.29) is 0 Å². The second-order valence-electron chi connectivity index (χ2n) is 5.00. The van der Waals surface area contributed by atoms with Crippen molar-refractivity contribution in [2.45, 2.75) is 20.6 Å². The van der Waals surface area contributed by atoms with Crippen LogP contribution in [0.5, 0.6) is 5.75 Å². The van der Waals surface area contributed by atoms with E-state index in [4.69, 9.17) is 4.74 Å². The van der Waals surface area contributed by atoms with E-state index in [1.807, 2.05) is 60.1 Å². The summed E-state index contributed by atoms with van der Waals surface area (Å²) < 4.78 is 7.68. The second-order valence-corrected chi connectivity index (χ2v) is 5.00. The van der Waals surface area contributed by atoms with E-state index in [1.54, 1.807) is 0 Å². The highest BCUT2D eigenvalue weighted by atomic mass is 16.5. The Morgan fingerprint density at radius 1 is 0.905 bits per heavy atom. The van der Waals surface area contributed by atoms with Gasteiger partial charge in [0.25, 0.3) is 0 Å². The lowest BCUT2D eigenvalue weighted by Gasteiger charge is -2.08. The molecule has 0 aliphatic carbocycles. The van der Waals surface area contributed by atoms with Gasteiger partial charge in [-0.05, 0) is 31.5 Å². The van der Waals surface area contributed by atoms with Crippen molar-refractivity contribution >= 4 is 0 Å². The largest absolute Gasteiger partial charge is 0.471 e. The molecule has 3 aromatic rings. The van der Waals surface area contributed by atoms with Gasteiger partial charge in [0.2, 0.25) is 0 Å². The molecule has 1 aromatic heterocycles. The summed E-state index contributed by atoms with van der Waals surface area (Å²) in [6.45, 7) is 4.54. The van der Waals surface area contributed by atoms with E-state index < -0.39 is 0 Å². The quantitative estimate of drug-likeness (QED) is 0.715. The molecule has 0 saturated carbocycles. The first kappa shape index (κ1) is 13.4. The molecule has 3 nitrogen and oxygen atoms in total. The molecule has 0 aliphatic heterocycles. The van der Waals surface area contributed by atoms with Crippen LogP contribution in [0.25, 0.3) is 11.1 Å². The summed E-state index contributed by atoms with van der Waals surface area (Å²) in [5.41, 5.74) is 4.52. The minimum Gasteiger partial charge on any atom is -0.471 e. The Kier molecular flexibility index (Phi) is 3.73. The number of aryl methyl sites for hydroxylation is 1. The zero-order chi connectivity index (χ0) is 14.7. The third-order valence-corrected chi connectivity index (χ3v) is 3.54. The number of nitrogens with zero attached hydrogens (tertiary/aromatic N) is 2. The van der Waals surface area contributed by atoms with Crippen molar-refractivity contribution in [3.05, 3.63) is 72.1 Å². The smallest absolute Gasteiger partial charge is 0.181 e. The second kappa shape index (κ2) is 5.83. The first-order valence-electron chi connectivity index (χ1n) is 7.03. The maximum absolute atomic E-state index is 5.78. The maximum Gasteiger partial charge on any atom is 0.181 e. The van der Waals surface area contributed by atoms with Crippen LogP contribution in [0.1, 0.15) is 11.4 Å². The predicted octanol–water partition coefficient (Wildman–Crippen LogP) is 4.20. The molecule has 0 saturated heterocycles. The first-order chi connectivity index (χ1) is 10.3. The van der Waals surface area contributed by atoms with Crippen molar-refractivity contribution in [2.24, 2.45) is 0 Å². The summed E-state index contributed by atoms with van der Waals surface area (Å²) in [6, 6.07) is 20.1. The van der Waals surface area contributed by atoms with Crippen LogP contribution in [0.15, 0.2) is 60.7 Å². The van der Waals surface area contributed by atoms with E-state index >= 15 is 0 Å². The number of rotatable bonds is 4. The fraction of sp³-hybridized carbons (Fsp3) is 0.167. The fourth-order valence-electron chi connectivity index (χ4n) is 2.50. The van der Waals surface area contributed by atoms with Gasteiger partial charge in [-0.3, -0.25) is 0 Å². The normalized spacial score (nSPS) is 10.6. The summed E-state index contributed by atoms with van der Waals surface area (Å²) in [5.74, 6) is 0.853. The molecule has 21 heavy (non-hydrogen) atoms. The summed E-state index contributed by atoms with van der Waals surface area (Å²) in [6.07, 6.45) is 0. The van der Waals surface area contributed by atoms with Gasteiger partial charge in [-0.15, -0.1) is 0 Å².